The molecule has 1 saturated carbocycles. The molecule has 8 heteroatoms. The standard InChI is InChI=1S/C14H17ClN2O4S/c1-3-21-8-4-7(8)11-16-9-12(18)17(13(9)22-11)10(14(19)20)6(2)5-15/h7-10,13H,2-5H2,1H3,(H,19,20). The van der Waals surface area contributed by atoms with E-state index in [1.165, 1.54) is 16.7 Å². The van der Waals surface area contributed by atoms with Crippen molar-refractivity contribution in [2.75, 3.05) is 12.5 Å². The predicted octanol–water partition coefficient (Wildman–Crippen LogP) is 1.34. The molecule has 5 atom stereocenters. The number of likely N-dealkylation sites (tertiary alicyclic amines) is 1. The minimum atomic E-state index is -1.11. The molecule has 3 aliphatic rings. The van der Waals surface area contributed by atoms with E-state index < -0.39 is 18.1 Å². The quantitative estimate of drug-likeness (QED) is 0.428. The molecule has 3 rings (SSSR count). The van der Waals surface area contributed by atoms with Crippen LogP contribution in [0.15, 0.2) is 17.1 Å². The third-order valence-corrected chi connectivity index (χ3v) is 5.78. The second-order valence-corrected chi connectivity index (χ2v) is 6.94. The van der Waals surface area contributed by atoms with E-state index in [0.29, 0.717) is 12.2 Å². The number of hydrogen-bond donors (Lipinski definition) is 1. The lowest BCUT2D eigenvalue weighted by molar-refractivity contribution is -0.157. The summed E-state index contributed by atoms with van der Waals surface area (Å²) in [5.74, 6) is -1.11. The van der Waals surface area contributed by atoms with E-state index in [4.69, 9.17) is 16.3 Å². The zero-order chi connectivity index (χ0) is 16.0. The molecule has 2 fully saturated rings. The van der Waals surface area contributed by atoms with Crippen LogP contribution in [0, 0.1) is 5.92 Å². The summed E-state index contributed by atoms with van der Waals surface area (Å²) < 4.78 is 5.55. The number of amides is 1. The molecule has 1 saturated heterocycles. The summed E-state index contributed by atoms with van der Waals surface area (Å²) in [6.07, 6.45) is 1.11. The van der Waals surface area contributed by atoms with Crippen LogP contribution < -0.4 is 0 Å². The highest BCUT2D eigenvalue weighted by atomic mass is 35.5. The highest BCUT2D eigenvalue weighted by Crippen LogP contribution is 2.48. The Morgan fingerprint density at radius 2 is 2.41 bits per heavy atom. The predicted molar refractivity (Wildman–Crippen MR) is 84.3 cm³/mol. The zero-order valence-electron chi connectivity index (χ0n) is 12.1. The topological polar surface area (TPSA) is 79.2 Å². The molecule has 2 aliphatic heterocycles. The third kappa shape index (κ3) is 2.45. The number of thioether (sulfide) groups is 1. The molecule has 1 amide bonds. The van der Waals surface area contributed by atoms with Crippen molar-refractivity contribution in [3.8, 4) is 0 Å². The van der Waals surface area contributed by atoms with Crippen LogP contribution in [0.25, 0.3) is 0 Å². The van der Waals surface area contributed by atoms with E-state index in [9.17, 15) is 14.7 Å². The molecule has 6 nitrogen and oxygen atoms in total. The summed E-state index contributed by atoms with van der Waals surface area (Å²) in [5, 5.41) is 10.0. The fourth-order valence-electron chi connectivity index (χ4n) is 2.85. The number of nitrogens with zero attached hydrogens (tertiary/aromatic N) is 2. The molecular formula is C14H17ClN2O4S. The van der Waals surface area contributed by atoms with Crippen molar-refractivity contribution in [3.05, 3.63) is 12.2 Å². The van der Waals surface area contributed by atoms with Crippen LogP contribution in [0.3, 0.4) is 0 Å². The van der Waals surface area contributed by atoms with Gasteiger partial charge in [0.25, 0.3) is 5.91 Å². The minimum absolute atomic E-state index is 0.00551. The molecule has 0 bridgehead atoms. The number of fused-ring (bicyclic) bond motifs is 1. The largest absolute Gasteiger partial charge is 0.479 e. The molecule has 1 N–H and O–H groups in total. The lowest BCUT2D eigenvalue weighted by Gasteiger charge is -2.44. The van der Waals surface area contributed by atoms with Crippen molar-refractivity contribution in [1.82, 2.24) is 4.90 Å². The summed E-state index contributed by atoms with van der Waals surface area (Å²) in [4.78, 5) is 29.5. The molecule has 5 unspecified atom stereocenters. The molecule has 0 aromatic carbocycles. The van der Waals surface area contributed by atoms with Crippen LogP contribution in [0.5, 0.6) is 0 Å². The van der Waals surface area contributed by atoms with E-state index in [1.807, 2.05) is 6.92 Å². The number of halogens is 1. The highest BCUT2D eigenvalue weighted by Gasteiger charge is 2.59. The van der Waals surface area contributed by atoms with Crippen molar-refractivity contribution < 1.29 is 19.4 Å². The Hall–Kier alpha value is -1.05. The fraction of sp³-hybridized carbons (Fsp3) is 0.643. The van der Waals surface area contributed by atoms with Crippen LogP contribution in [0.1, 0.15) is 13.3 Å². The van der Waals surface area contributed by atoms with Crippen LogP contribution in [0.4, 0.5) is 0 Å². The molecule has 22 heavy (non-hydrogen) atoms. The SMILES string of the molecule is C=C(CCl)C(C(=O)O)N1C(=O)C2N=C(C3CC3OCC)SC21. The Morgan fingerprint density at radius 1 is 1.68 bits per heavy atom. The highest BCUT2D eigenvalue weighted by molar-refractivity contribution is 8.15. The number of rotatable bonds is 7. The number of carbonyl (C=O) groups excluding carboxylic acids is 1. The van der Waals surface area contributed by atoms with Gasteiger partial charge in [-0.1, -0.05) is 18.3 Å². The summed E-state index contributed by atoms with van der Waals surface area (Å²) >= 11 is 7.17. The van der Waals surface area contributed by atoms with Gasteiger partial charge in [0.2, 0.25) is 0 Å². The van der Waals surface area contributed by atoms with E-state index >= 15 is 0 Å². The number of β-lactam (4-membered cyclic amide) rings is 1. The number of aliphatic imine (C=N–C) groups is 1. The second-order valence-electron chi connectivity index (χ2n) is 5.53. The van der Waals surface area contributed by atoms with Gasteiger partial charge in [0.15, 0.2) is 12.1 Å². The molecule has 2 heterocycles. The number of ether oxygens (including phenoxy) is 1. The molecule has 0 spiro atoms. The maximum absolute atomic E-state index is 12.2. The van der Waals surface area contributed by atoms with Crippen molar-refractivity contribution in [2.24, 2.45) is 10.9 Å². The first-order valence-electron chi connectivity index (χ1n) is 7.14. The van der Waals surface area contributed by atoms with Gasteiger partial charge in [-0.05, 0) is 18.9 Å². The van der Waals surface area contributed by atoms with Crippen LogP contribution in [0.2, 0.25) is 0 Å². The van der Waals surface area contributed by atoms with E-state index in [2.05, 4.69) is 11.6 Å². The van der Waals surface area contributed by atoms with Gasteiger partial charge in [0, 0.05) is 18.4 Å². The van der Waals surface area contributed by atoms with Crippen molar-refractivity contribution in [3.63, 3.8) is 0 Å². The van der Waals surface area contributed by atoms with Crippen LogP contribution >= 0.6 is 23.4 Å². The summed E-state index contributed by atoms with van der Waals surface area (Å²) in [7, 11) is 0. The van der Waals surface area contributed by atoms with Crippen LogP contribution in [-0.2, 0) is 14.3 Å². The van der Waals surface area contributed by atoms with Gasteiger partial charge >= 0.3 is 5.97 Å². The maximum Gasteiger partial charge on any atom is 0.330 e. The van der Waals surface area contributed by atoms with Gasteiger partial charge in [-0.3, -0.25) is 9.79 Å². The van der Waals surface area contributed by atoms with Gasteiger partial charge in [-0.2, -0.15) is 0 Å². The van der Waals surface area contributed by atoms with Gasteiger partial charge in [0.1, 0.15) is 5.37 Å². The second kappa shape index (κ2) is 5.86. The first kappa shape index (κ1) is 15.8. The fourth-order valence-corrected chi connectivity index (χ4v) is 4.49. The molecule has 120 valence electrons. The van der Waals surface area contributed by atoms with Crippen molar-refractivity contribution in [1.29, 1.82) is 0 Å². The first-order chi connectivity index (χ1) is 10.5. The van der Waals surface area contributed by atoms with Crippen molar-refractivity contribution in [2.45, 2.75) is 36.9 Å². The zero-order valence-corrected chi connectivity index (χ0v) is 13.6. The number of carbonyl (C=O) groups is 2. The van der Waals surface area contributed by atoms with Crippen LogP contribution in [-0.4, -0.2) is 63.0 Å². The smallest absolute Gasteiger partial charge is 0.330 e. The van der Waals surface area contributed by atoms with E-state index in [0.717, 1.165) is 11.5 Å². The number of alkyl halides is 1. The molecular weight excluding hydrogens is 328 g/mol. The molecule has 0 aromatic rings. The lowest BCUT2D eigenvalue weighted by atomic mass is 10.00. The Morgan fingerprint density at radius 3 is 3.00 bits per heavy atom. The number of carboxylic acids is 1. The van der Waals surface area contributed by atoms with Gasteiger partial charge in [-0.15, -0.1) is 11.6 Å². The number of hydrogen-bond acceptors (Lipinski definition) is 5. The van der Waals surface area contributed by atoms with Gasteiger partial charge in [-0.25, -0.2) is 4.79 Å². The molecule has 0 aromatic heterocycles. The summed E-state index contributed by atoms with van der Waals surface area (Å²) in [5.41, 5.74) is 0.314. The Bertz CT molecular complexity index is 567. The van der Waals surface area contributed by atoms with Gasteiger partial charge in [0.05, 0.1) is 11.1 Å². The summed E-state index contributed by atoms with van der Waals surface area (Å²) in [6.45, 7) is 6.28. The number of aliphatic carboxylic acids is 1. The summed E-state index contributed by atoms with van der Waals surface area (Å²) in [6, 6.07) is -1.54. The third-order valence-electron chi connectivity index (χ3n) is 4.06. The lowest BCUT2D eigenvalue weighted by Crippen LogP contribution is -2.66. The van der Waals surface area contributed by atoms with Gasteiger partial charge < -0.3 is 14.7 Å². The maximum atomic E-state index is 12.2. The normalized spacial score (nSPS) is 33.8. The van der Waals surface area contributed by atoms with Crippen molar-refractivity contribution >= 4 is 40.3 Å². The van der Waals surface area contributed by atoms with E-state index in [-0.39, 0.29) is 29.2 Å². The Kier molecular flexibility index (Phi) is 4.22. The average molecular weight is 345 g/mol. The average Bonchev–Trinajstić information content (AvgIpc) is 3.14. The Labute approximate surface area is 137 Å². The molecule has 0 radical (unpaired) electrons. The monoisotopic (exact) mass is 344 g/mol. The minimum Gasteiger partial charge on any atom is -0.479 e. The number of carboxylic acid groups (broad SMARTS) is 1. The van der Waals surface area contributed by atoms with E-state index in [1.54, 1.807) is 0 Å². The first-order valence-corrected chi connectivity index (χ1v) is 8.55. The Balaban J connectivity index is 1.69. The molecule has 1 aliphatic carbocycles.